The van der Waals surface area contributed by atoms with Crippen LogP contribution < -0.4 is 20.1 Å². The van der Waals surface area contributed by atoms with E-state index < -0.39 is 0 Å². The van der Waals surface area contributed by atoms with Crippen molar-refractivity contribution < 1.29 is 9.47 Å². The summed E-state index contributed by atoms with van der Waals surface area (Å²) in [6.07, 6.45) is -0.0244. The summed E-state index contributed by atoms with van der Waals surface area (Å²) in [5, 5.41) is 8.71. The van der Waals surface area contributed by atoms with Crippen molar-refractivity contribution in [2.75, 3.05) is 20.2 Å². The summed E-state index contributed by atoms with van der Waals surface area (Å²) in [5.41, 5.74) is 1.29. The molecule has 5 nitrogen and oxygen atoms in total. The Labute approximate surface area is 177 Å². The standard InChI is InChI=1S/C19H27N3O2S.HI/c1-5-20-19(22-13-18-14(2)10-11-25-18)21-12-15(3)24-17-9-7-6-8-16(17)23-4;/h6-11,15H,5,12-13H2,1-4H3,(H2,20,21,22);1H. The lowest BCUT2D eigenvalue weighted by atomic mass is 10.3. The van der Waals surface area contributed by atoms with Crippen molar-refractivity contribution in [3.63, 3.8) is 0 Å². The van der Waals surface area contributed by atoms with Crippen LogP contribution in [-0.4, -0.2) is 32.3 Å². The van der Waals surface area contributed by atoms with Gasteiger partial charge in [-0.1, -0.05) is 12.1 Å². The Morgan fingerprint density at radius 1 is 1.19 bits per heavy atom. The minimum Gasteiger partial charge on any atom is -0.493 e. The maximum absolute atomic E-state index is 5.97. The van der Waals surface area contributed by atoms with E-state index in [1.54, 1.807) is 18.4 Å². The molecule has 0 aliphatic rings. The number of hydrogen-bond donors (Lipinski definition) is 2. The van der Waals surface area contributed by atoms with Crippen molar-refractivity contribution >= 4 is 41.3 Å². The van der Waals surface area contributed by atoms with Gasteiger partial charge in [-0.15, -0.1) is 35.3 Å². The molecule has 7 heteroatoms. The van der Waals surface area contributed by atoms with Gasteiger partial charge in [-0.2, -0.15) is 0 Å². The minimum atomic E-state index is -0.0244. The number of aryl methyl sites for hydroxylation is 1. The first-order chi connectivity index (χ1) is 12.1. The molecule has 1 unspecified atom stereocenters. The molecular formula is C19H28IN3O2S. The number of rotatable bonds is 8. The number of hydrogen-bond acceptors (Lipinski definition) is 4. The van der Waals surface area contributed by atoms with Gasteiger partial charge < -0.3 is 20.1 Å². The third-order valence-electron chi connectivity index (χ3n) is 3.65. The first-order valence-electron chi connectivity index (χ1n) is 8.48. The molecule has 0 saturated heterocycles. The van der Waals surface area contributed by atoms with E-state index in [0.717, 1.165) is 24.0 Å². The Balaban J connectivity index is 0.00000338. The maximum atomic E-state index is 5.97. The van der Waals surface area contributed by atoms with Crippen LogP contribution in [0.15, 0.2) is 40.7 Å². The molecule has 2 rings (SSSR count). The normalized spacial score (nSPS) is 12.1. The van der Waals surface area contributed by atoms with Gasteiger partial charge in [0.1, 0.15) is 6.10 Å². The number of para-hydroxylation sites is 2. The number of thiophene rings is 1. The topological polar surface area (TPSA) is 54.9 Å². The molecule has 0 amide bonds. The number of halogens is 1. The molecule has 0 bridgehead atoms. The van der Waals surface area contributed by atoms with E-state index in [0.29, 0.717) is 13.1 Å². The molecular weight excluding hydrogens is 461 g/mol. The van der Waals surface area contributed by atoms with Gasteiger partial charge in [0.25, 0.3) is 0 Å². The second-order valence-electron chi connectivity index (χ2n) is 5.68. The molecule has 1 aromatic carbocycles. The van der Waals surface area contributed by atoms with E-state index in [2.05, 4.69) is 40.9 Å². The Hall–Kier alpha value is -1.48. The average molecular weight is 489 g/mol. The molecule has 0 aliphatic carbocycles. The van der Waals surface area contributed by atoms with E-state index >= 15 is 0 Å². The highest BCUT2D eigenvalue weighted by atomic mass is 127. The van der Waals surface area contributed by atoms with Gasteiger partial charge in [0.15, 0.2) is 17.5 Å². The van der Waals surface area contributed by atoms with E-state index in [-0.39, 0.29) is 30.1 Å². The molecule has 26 heavy (non-hydrogen) atoms. The first kappa shape index (κ1) is 22.6. The number of guanidine groups is 1. The SMILES string of the molecule is CCNC(=NCc1sccc1C)NCC(C)Oc1ccccc1OC.I. The zero-order chi connectivity index (χ0) is 18.1. The molecule has 0 radical (unpaired) electrons. The van der Waals surface area contributed by atoms with Crippen LogP contribution in [0.2, 0.25) is 0 Å². The number of ether oxygens (including phenoxy) is 2. The fourth-order valence-corrected chi connectivity index (χ4v) is 3.10. The largest absolute Gasteiger partial charge is 0.493 e. The highest BCUT2D eigenvalue weighted by Gasteiger charge is 2.09. The quantitative estimate of drug-likeness (QED) is 0.332. The molecule has 1 atom stereocenters. The highest BCUT2D eigenvalue weighted by Crippen LogP contribution is 2.26. The minimum absolute atomic E-state index is 0. The summed E-state index contributed by atoms with van der Waals surface area (Å²) in [4.78, 5) is 5.94. The van der Waals surface area contributed by atoms with Gasteiger partial charge >= 0.3 is 0 Å². The van der Waals surface area contributed by atoms with Crippen molar-refractivity contribution in [3.05, 3.63) is 46.2 Å². The van der Waals surface area contributed by atoms with Crippen LogP contribution in [-0.2, 0) is 6.54 Å². The molecule has 2 N–H and O–H groups in total. The number of nitrogens with zero attached hydrogens (tertiary/aromatic N) is 1. The lowest BCUT2D eigenvalue weighted by Gasteiger charge is -2.19. The average Bonchev–Trinajstić information content (AvgIpc) is 3.03. The van der Waals surface area contributed by atoms with Crippen LogP contribution in [0.5, 0.6) is 11.5 Å². The monoisotopic (exact) mass is 489 g/mol. The van der Waals surface area contributed by atoms with Crippen LogP contribution >= 0.6 is 35.3 Å². The lowest BCUT2D eigenvalue weighted by molar-refractivity contribution is 0.213. The van der Waals surface area contributed by atoms with Crippen LogP contribution in [0.4, 0.5) is 0 Å². The van der Waals surface area contributed by atoms with Gasteiger partial charge in [-0.05, 0) is 49.9 Å². The summed E-state index contributed by atoms with van der Waals surface area (Å²) < 4.78 is 11.3. The number of benzene rings is 1. The van der Waals surface area contributed by atoms with E-state index in [4.69, 9.17) is 9.47 Å². The molecule has 2 aromatic rings. The van der Waals surface area contributed by atoms with Gasteiger partial charge in [-0.25, -0.2) is 4.99 Å². The summed E-state index contributed by atoms with van der Waals surface area (Å²) in [6.45, 7) is 8.34. The van der Waals surface area contributed by atoms with Gasteiger partial charge in [0.05, 0.1) is 20.2 Å². The van der Waals surface area contributed by atoms with Crippen LogP contribution in [0, 0.1) is 6.92 Å². The van der Waals surface area contributed by atoms with Gasteiger partial charge in [0.2, 0.25) is 0 Å². The summed E-state index contributed by atoms with van der Waals surface area (Å²) >= 11 is 1.74. The number of aliphatic imine (C=N–C) groups is 1. The first-order valence-corrected chi connectivity index (χ1v) is 9.36. The third-order valence-corrected chi connectivity index (χ3v) is 4.66. The Kier molecular flexibility index (Phi) is 10.4. The van der Waals surface area contributed by atoms with Crippen molar-refractivity contribution in [1.29, 1.82) is 0 Å². The number of methoxy groups -OCH3 is 1. The fourth-order valence-electron chi connectivity index (χ4n) is 2.27. The molecule has 0 fully saturated rings. The predicted octanol–water partition coefficient (Wildman–Crippen LogP) is 4.21. The molecule has 0 spiro atoms. The van der Waals surface area contributed by atoms with Crippen LogP contribution in [0.3, 0.4) is 0 Å². The number of nitrogens with one attached hydrogen (secondary N) is 2. The third kappa shape index (κ3) is 7.03. The zero-order valence-electron chi connectivity index (χ0n) is 15.7. The van der Waals surface area contributed by atoms with E-state index in [9.17, 15) is 0 Å². The summed E-state index contributed by atoms with van der Waals surface area (Å²) in [5.74, 6) is 2.28. The highest BCUT2D eigenvalue weighted by molar-refractivity contribution is 14.0. The second-order valence-corrected chi connectivity index (χ2v) is 6.68. The molecule has 0 aliphatic heterocycles. The Morgan fingerprint density at radius 2 is 1.92 bits per heavy atom. The zero-order valence-corrected chi connectivity index (χ0v) is 18.9. The van der Waals surface area contributed by atoms with E-state index in [1.807, 2.05) is 31.2 Å². The van der Waals surface area contributed by atoms with Crippen LogP contribution in [0.1, 0.15) is 24.3 Å². The van der Waals surface area contributed by atoms with Crippen molar-refractivity contribution in [3.8, 4) is 11.5 Å². The maximum Gasteiger partial charge on any atom is 0.191 e. The molecule has 144 valence electrons. The van der Waals surface area contributed by atoms with E-state index in [1.165, 1.54) is 10.4 Å². The van der Waals surface area contributed by atoms with Gasteiger partial charge in [0, 0.05) is 11.4 Å². The predicted molar refractivity (Wildman–Crippen MR) is 120 cm³/mol. The second kappa shape index (κ2) is 12.0. The smallest absolute Gasteiger partial charge is 0.191 e. The molecule has 0 saturated carbocycles. The fraction of sp³-hybridized carbons (Fsp3) is 0.421. The van der Waals surface area contributed by atoms with Gasteiger partial charge in [-0.3, -0.25) is 0 Å². The summed E-state index contributed by atoms with van der Waals surface area (Å²) in [7, 11) is 1.65. The lowest BCUT2D eigenvalue weighted by Crippen LogP contribution is -2.41. The molecule has 1 aromatic heterocycles. The Bertz CT molecular complexity index is 691. The molecule has 1 heterocycles. The van der Waals surface area contributed by atoms with Crippen molar-refractivity contribution in [1.82, 2.24) is 10.6 Å². The van der Waals surface area contributed by atoms with Crippen LogP contribution in [0.25, 0.3) is 0 Å². The van der Waals surface area contributed by atoms with Crippen molar-refractivity contribution in [2.24, 2.45) is 4.99 Å². The Morgan fingerprint density at radius 3 is 2.54 bits per heavy atom. The van der Waals surface area contributed by atoms with Crippen molar-refractivity contribution in [2.45, 2.75) is 33.4 Å². The summed E-state index contributed by atoms with van der Waals surface area (Å²) in [6, 6.07) is 9.79.